The molecule has 0 atom stereocenters. The standard InChI is InChI=1S/C10H7NO5/c1-11-10(14)15-6-4-2-3-5-7(6)9(13)16-8(5)12/h2-4H,1H3,(H,11,14). The lowest BCUT2D eigenvalue weighted by Crippen LogP contribution is -2.22. The van der Waals surface area contributed by atoms with Gasteiger partial charge in [0.25, 0.3) is 0 Å². The maximum absolute atomic E-state index is 11.3. The van der Waals surface area contributed by atoms with Crippen molar-refractivity contribution in [2.24, 2.45) is 0 Å². The maximum atomic E-state index is 11.3. The van der Waals surface area contributed by atoms with E-state index in [0.29, 0.717) is 0 Å². The summed E-state index contributed by atoms with van der Waals surface area (Å²) in [7, 11) is 1.38. The second-order valence-corrected chi connectivity index (χ2v) is 3.00. The van der Waals surface area contributed by atoms with E-state index < -0.39 is 18.0 Å². The second kappa shape index (κ2) is 3.65. The van der Waals surface area contributed by atoms with Crippen LogP contribution in [0.3, 0.4) is 0 Å². The van der Waals surface area contributed by atoms with Crippen molar-refractivity contribution in [3.05, 3.63) is 29.3 Å². The molecule has 0 aromatic heterocycles. The van der Waals surface area contributed by atoms with Gasteiger partial charge < -0.3 is 14.8 Å². The monoisotopic (exact) mass is 221 g/mol. The molecule has 0 saturated carbocycles. The van der Waals surface area contributed by atoms with Gasteiger partial charge in [0.2, 0.25) is 0 Å². The van der Waals surface area contributed by atoms with Crippen LogP contribution in [0, 0.1) is 0 Å². The zero-order valence-electron chi connectivity index (χ0n) is 8.27. The highest BCUT2D eigenvalue weighted by molar-refractivity contribution is 6.16. The van der Waals surface area contributed by atoms with E-state index in [2.05, 4.69) is 10.1 Å². The molecule has 1 aliphatic heterocycles. The smallest absolute Gasteiger partial charge is 0.409 e. The Morgan fingerprint density at radius 2 is 2.06 bits per heavy atom. The Bertz CT molecular complexity index is 494. The first-order chi connectivity index (χ1) is 7.63. The fraction of sp³-hybridized carbons (Fsp3) is 0.100. The first kappa shape index (κ1) is 10.2. The summed E-state index contributed by atoms with van der Waals surface area (Å²) in [5.74, 6) is -1.53. The average molecular weight is 221 g/mol. The number of fused-ring (bicyclic) bond motifs is 1. The first-order valence-corrected chi connectivity index (χ1v) is 4.42. The molecule has 6 heteroatoms. The van der Waals surface area contributed by atoms with Crippen LogP contribution < -0.4 is 10.1 Å². The highest BCUT2D eigenvalue weighted by atomic mass is 16.6. The van der Waals surface area contributed by atoms with Gasteiger partial charge in [-0.2, -0.15) is 0 Å². The minimum atomic E-state index is -0.806. The van der Waals surface area contributed by atoms with Crippen LogP contribution in [0.5, 0.6) is 5.75 Å². The summed E-state index contributed by atoms with van der Waals surface area (Å²) in [4.78, 5) is 33.5. The Kier molecular flexibility index (Phi) is 2.32. The van der Waals surface area contributed by atoms with Gasteiger partial charge in [-0.1, -0.05) is 6.07 Å². The minimum absolute atomic E-state index is 0.00713. The van der Waals surface area contributed by atoms with E-state index in [0.717, 1.165) is 0 Å². The highest BCUT2D eigenvalue weighted by Crippen LogP contribution is 2.28. The zero-order valence-corrected chi connectivity index (χ0v) is 8.27. The van der Waals surface area contributed by atoms with Gasteiger partial charge in [-0.3, -0.25) is 0 Å². The van der Waals surface area contributed by atoms with Crippen LogP contribution in [0.4, 0.5) is 4.79 Å². The third-order valence-corrected chi connectivity index (χ3v) is 2.04. The van der Waals surface area contributed by atoms with Crippen molar-refractivity contribution in [2.75, 3.05) is 7.05 Å². The van der Waals surface area contributed by atoms with Crippen LogP contribution in [-0.4, -0.2) is 25.1 Å². The highest BCUT2D eigenvalue weighted by Gasteiger charge is 2.33. The van der Waals surface area contributed by atoms with E-state index in [1.165, 1.54) is 25.2 Å². The molecule has 1 N–H and O–H groups in total. The molecule has 1 aromatic rings. The predicted molar refractivity (Wildman–Crippen MR) is 51.3 cm³/mol. The van der Waals surface area contributed by atoms with Crippen LogP contribution in [0.1, 0.15) is 20.7 Å². The Morgan fingerprint density at radius 3 is 2.75 bits per heavy atom. The molecular weight excluding hydrogens is 214 g/mol. The van der Waals surface area contributed by atoms with Crippen molar-refractivity contribution in [3.8, 4) is 5.75 Å². The van der Waals surface area contributed by atoms with E-state index in [-0.39, 0.29) is 16.9 Å². The molecule has 0 aliphatic carbocycles. The quantitative estimate of drug-likeness (QED) is 0.558. The molecule has 0 unspecified atom stereocenters. The molecule has 1 heterocycles. The van der Waals surface area contributed by atoms with Crippen molar-refractivity contribution in [3.63, 3.8) is 0 Å². The van der Waals surface area contributed by atoms with E-state index in [9.17, 15) is 14.4 Å². The zero-order chi connectivity index (χ0) is 11.7. The van der Waals surface area contributed by atoms with Gasteiger partial charge >= 0.3 is 18.0 Å². The molecule has 0 radical (unpaired) electrons. The lowest BCUT2D eigenvalue weighted by molar-refractivity contribution is 0.0443. The average Bonchev–Trinajstić information content (AvgIpc) is 2.56. The number of hydrogen-bond donors (Lipinski definition) is 1. The number of nitrogens with one attached hydrogen (secondary N) is 1. The number of amides is 1. The number of benzene rings is 1. The van der Waals surface area contributed by atoms with Crippen LogP contribution in [-0.2, 0) is 4.74 Å². The van der Waals surface area contributed by atoms with Gasteiger partial charge in [-0.15, -0.1) is 0 Å². The van der Waals surface area contributed by atoms with E-state index in [4.69, 9.17) is 4.74 Å². The first-order valence-electron chi connectivity index (χ1n) is 4.42. The fourth-order valence-electron chi connectivity index (χ4n) is 1.34. The SMILES string of the molecule is CNC(=O)Oc1cccc2c1C(=O)OC2=O. The summed E-state index contributed by atoms with van der Waals surface area (Å²) in [6.07, 6.45) is -0.722. The molecule has 6 nitrogen and oxygen atoms in total. The largest absolute Gasteiger partial charge is 0.412 e. The topological polar surface area (TPSA) is 81.7 Å². The van der Waals surface area contributed by atoms with Crippen LogP contribution in [0.25, 0.3) is 0 Å². The molecular formula is C10H7NO5. The molecule has 82 valence electrons. The molecule has 2 rings (SSSR count). The number of esters is 2. The Morgan fingerprint density at radius 1 is 1.31 bits per heavy atom. The summed E-state index contributed by atoms with van der Waals surface area (Å²) < 4.78 is 9.22. The number of ether oxygens (including phenoxy) is 2. The second-order valence-electron chi connectivity index (χ2n) is 3.00. The van der Waals surface area contributed by atoms with Crippen LogP contribution in [0.2, 0.25) is 0 Å². The summed E-state index contributed by atoms with van der Waals surface area (Å²) in [6.45, 7) is 0. The van der Waals surface area contributed by atoms with Gasteiger partial charge in [0.15, 0.2) is 0 Å². The normalized spacial score (nSPS) is 13.1. The molecule has 1 aliphatic rings. The van der Waals surface area contributed by atoms with Gasteiger partial charge in [0.05, 0.1) is 5.56 Å². The van der Waals surface area contributed by atoms with Crippen molar-refractivity contribution in [2.45, 2.75) is 0 Å². The summed E-state index contributed by atoms with van der Waals surface area (Å²) in [6, 6.07) is 4.34. The van der Waals surface area contributed by atoms with E-state index in [1.807, 2.05) is 0 Å². The summed E-state index contributed by atoms with van der Waals surface area (Å²) >= 11 is 0. The Labute approximate surface area is 90.1 Å². The van der Waals surface area contributed by atoms with Gasteiger partial charge in [-0.05, 0) is 12.1 Å². The van der Waals surface area contributed by atoms with Crippen LogP contribution >= 0.6 is 0 Å². The maximum Gasteiger partial charge on any atom is 0.412 e. The van der Waals surface area contributed by atoms with Crippen molar-refractivity contribution >= 4 is 18.0 Å². The molecule has 0 bridgehead atoms. The lowest BCUT2D eigenvalue weighted by Gasteiger charge is -2.04. The summed E-state index contributed by atoms with van der Waals surface area (Å²) in [5.41, 5.74) is 0.0857. The van der Waals surface area contributed by atoms with Crippen molar-refractivity contribution in [1.82, 2.24) is 5.32 Å². The van der Waals surface area contributed by atoms with Crippen molar-refractivity contribution in [1.29, 1.82) is 0 Å². The minimum Gasteiger partial charge on any atom is -0.409 e. The van der Waals surface area contributed by atoms with Crippen LogP contribution in [0.15, 0.2) is 18.2 Å². The Balaban J connectivity index is 2.45. The Hall–Kier alpha value is -2.37. The van der Waals surface area contributed by atoms with Gasteiger partial charge in [0.1, 0.15) is 11.3 Å². The number of carbonyl (C=O) groups is 3. The van der Waals surface area contributed by atoms with Crippen molar-refractivity contribution < 1.29 is 23.9 Å². The van der Waals surface area contributed by atoms with Gasteiger partial charge in [0, 0.05) is 7.05 Å². The molecule has 16 heavy (non-hydrogen) atoms. The predicted octanol–water partition coefficient (Wildman–Crippen LogP) is 0.715. The molecule has 0 spiro atoms. The lowest BCUT2D eigenvalue weighted by atomic mass is 10.1. The number of cyclic esters (lactones) is 2. The number of rotatable bonds is 1. The molecule has 0 saturated heterocycles. The summed E-state index contributed by atoms with van der Waals surface area (Å²) in [5, 5.41) is 2.23. The molecule has 1 amide bonds. The third-order valence-electron chi connectivity index (χ3n) is 2.04. The van der Waals surface area contributed by atoms with Gasteiger partial charge in [-0.25, -0.2) is 14.4 Å². The third kappa shape index (κ3) is 1.50. The fourth-order valence-corrected chi connectivity index (χ4v) is 1.34. The number of carbonyl (C=O) groups excluding carboxylic acids is 3. The van der Waals surface area contributed by atoms with E-state index >= 15 is 0 Å². The number of hydrogen-bond acceptors (Lipinski definition) is 5. The van der Waals surface area contributed by atoms with E-state index in [1.54, 1.807) is 0 Å². The molecule has 0 fully saturated rings. The molecule has 1 aromatic carbocycles.